The molecule has 1 aromatic carbocycles. The molecule has 1 atom stereocenters. The summed E-state index contributed by atoms with van der Waals surface area (Å²) in [7, 11) is 0. The summed E-state index contributed by atoms with van der Waals surface area (Å²) in [5, 5.41) is 4.07. The van der Waals surface area contributed by atoms with Crippen molar-refractivity contribution < 1.29 is 4.79 Å². The molecule has 100 valence electrons. The first-order valence-corrected chi connectivity index (χ1v) is 7.43. The first-order chi connectivity index (χ1) is 9.24. The minimum Gasteiger partial charge on any atom is -0.322 e. The van der Waals surface area contributed by atoms with Crippen LogP contribution in [0.25, 0.3) is 10.1 Å². The molecule has 1 N–H and O–H groups in total. The molecule has 1 aromatic heterocycles. The predicted molar refractivity (Wildman–Crippen MR) is 78.7 cm³/mol. The van der Waals surface area contributed by atoms with Gasteiger partial charge in [0.1, 0.15) is 0 Å². The number of benzene rings is 1. The number of aromatic nitrogens is 1. The van der Waals surface area contributed by atoms with Gasteiger partial charge in [-0.2, -0.15) is 4.37 Å². The van der Waals surface area contributed by atoms with Crippen LogP contribution in [0.2, 0.25) is 0 Å². The monoisotopic (exact) mass is 275 g/mol. The van der Waals surface area contributed by atoms with E-state index in [-0.39, 0.29) is 6.03 Å². The van der Waals surface area contributed by atoms with Crippen molar-refractivity contribution in [2.45, 2.75) is 32.2 Å². The van der Waals surface area contributed by atoms with Gasteiger partial charge in [0.25, 0.3) is 0 Å². The maximum absolute atomic E-state index is 12.3. The van der Waals surface area contributed by atoms with E-state index in [1.807, 2.05) is 29.3 Å². The van der Waals surface area contributed by atoms with Crippen molar-refractivity contribution in [3.05, 3.63) is 24.4 Å². The van der Waals surface area contributed by atoms with E-state index in [4.69, 9.17) is 0 Å². The lowest BCUT2D eigenvalue weighted by atomic mass is 10.0. The number of piperidine rings is 1. The number of nitrogens with zero attached hydrogens (tertiary/aromatic N) is 2. The first kappa shape index (κ1) is 12.4. The fourth-order valence-electron chi connectivity index (χ4n) is 2.55. The van der Waals surface area contributed by atoms with Crippen molar-refractivity contribution in [1.82, 2.24) is 9.27 Å². The minimum absolute atomic E-state index is 0.00902. The van der Waals surface area contributed by atoms with Crippen molar-refractivity contribution in [1.29, 1.82) is 0 Å². The molecule has 0 spiro atoms. The number of urea groups is 1. The van der Waals surface area contributed by atoms with E-state index in [9.17, 15) is 4.79 Å². The van der Waals surface area contributed by atoms with Crippen LogP contribution >= 0.6 is 11.5 Å². The molecule has 2 amide bonds. The highest BCUT2D eigenvalue weighted by Gasteiger charge is 2.23. The molecule has 19 heavy (non-hydrogen) atoms. The van der Waals surface area contributed by atoms with E-state index in [1.165, 1.54) is 18.0 Å². The van der Waals surface area contributed by atoms with Gasteiger partial charge >= 0.3 is 6.03 Å². The fourth-order valence-corrected chi connectivity index (χ4v) is 3.17. The molecular formula is C14H17N3OS. The minimum atomic E-state index is 0.00902. The summed E-state index contributed by atoms with van der Waals surface area (Å²) in [6, 6.07) is 6.26. The molecule has 1 saturated heterocycles. The molecule has 1 fully saturated rings. The quantitative estimate of drug-likeness (QED) is 0.862. The van der Waals surface area contributed by atoms with E-state index >= 15 is 0 Å². The van der Waals surface area contributed by atoms with Crippen LogP contribution in [0.5, 0.6) is 0 Å². The van der Waals surface area contributed by atoms with E-state index in [1.54, 1.807) is 0 Å². The zero-order chi connectivity index (χ0) is 13.2. The summed E-state index contributed by atoms with van der Waals surface area (Å²) in [6.45, 7) is 2.97. The zero-order valence-corrected chi connectivity index (χ0v) is 11.7. The van der Waals surface area contributed by atoms with Crippen molar-refractivity contribution in [3.8, 4) is 0 Å². The van der Waals surface area contributed by atoms with E-state index in [2.05, 4.69) is 16.6 Å². The second-order valence-corrected chi connectivity index (χ2v) is 5.88. The number of anilines is 1. The Kier molecular flexibility index (Phi) is 3.38. The SMILES string of the molecule is C[C@@H]1CCCCN1C(=O)Nc1ccc2sncc2c1. The van der Waals surface area contributed by atoms with Crippen LogP contribution in [0.4, 0.5) is 10.5 Å². The number of rotatable bonds is 1. The normalized spacial score (nSPS) is 19.6. The Hall–Kier alpha value is -1.62. The number of carbonyl (C=O) groups excluding carboxylic acids is 1. The molecule has 4 nitrogen and oxygen atoms in total. The third-order valence-corrected chi connectivity index (χ3v) is 4.45. The van der Waals surface area contributed by atoms with E-state index in [0.29, 0.717) is 6.04 Å². The number of fused-ring (bicyclic) bond motifs is 1. The van der Waals surface area contributed by atoms with Gasteiger partial charge in [0.05, 0.1) is 4.70 Å². The molecule has 5 heteroatoms. The van der Waals surface area contributed by atoms with Crippen molar-refractivity contribution >= 4 is 33.3 Å². The van der Waals surface area contributed by atoms with Crippen molar-refractivity contribution in [2.75, 3.05) is 11.9 Å². The van der Waals surface area contributed by atoms with E-state index in [0.717, 1.165) is 35.2 Å². The topological polar surface area (TPSA) is 45.2 Å². The lowest BCUT2D eigenvalue weighted by Gasteiger charge is -2.33. The van der Waals surface area contributed by atoms with Crippen LogP contribution < -0.4 is 5.32 Å². The van der Waals surface area contributed by atoms with Gasteiger partial charge in [-0.3, -0.25) is 0 Å². The van der Waals surface area contributed by atoms with Crippen LogP contribution in [0.15, 0.2) is 24.4 Å². The largest absolute Gasteiger partial charge is 0.322 e. The number of carbonyl (C=O) groups is 1. The van der Waals surface area contributed by atoms with Gasteiger partial charge in [0.2, 0.25) is 0 Å². The Morgan fingerprint density at radius 1 is 1.47 bits per heavy atom. The van der Waals surface area contributed by atoms with Crippen molar-refractivity contribution in [3.63, 3.8) is 0 Å². The average Bonchev–Trinajstić information content (AvgIpc) is 2.86. The smallest absolute Gasteiger partial charge is 0.322 e. The second-order valence-electron chi connectivity index (χ2n) is 5.05. The van der Waals surface area contributed by atoms with Gasteiger partial charge in [-0.05, 0) is 55.9 Å². The molecular weight excluding hydrogens is 258 g/mol. The number of likely N-dealkylation sites (tertiary alicyclic amines) is 1. The van der Waals surface area contributed by atoms with Gasteiger partial charge in [-0.25, -0.2) is 4.79 Å². The van der Waals surface area contributed by atoms with Gasteiger partial charge in [-0.15, -0.1) is 0 Å². The first-order valence-electron chi connectivity index (χ1n) is 6.66. The predicted octanol–water partition coefficient (Wildman–Crippen LogP) is 3.70. The van der Waals surface area contributed by atoms with Crippen LogP contribution in [0.1, 0.15) is 26.2 Å². The number of amides is 2. The lowest BCUT2D eigenvalue weighted by molar-refractivity contribution is 0.170. The molecule has 0 saturated carbocycles. The second kappa shape index (κ2) is 5.17. The number of hydrogen-bond acceptors (Lipinski definition) is 3. The maximum Gasteiger partial charge on any atom is 0.322 e. The maximum atomic E-state index is 12.3. The summed E-state index contributed by atoms with van der Waals surface area (Å²) in [4.78, 5) is 14.2. The van der Waals surface area contributed by atoms with Crippen molar-refractivity contribution in [2.24, 2.45) is 0 Å². The molecule has 0 bridgehead atoms. The Bertz CT molecular complexity index is 595. The molecule has 2 heterocycles. The number of hydrogen-bond donors (Lipinski definition) is 1. The standard InChI is InChI=1S/C14H17N3OS/c1-10-4-2-3-7-17(10)14(18)16-12-5-6-13-11(8-12)9-15-19-13/h5-6,8-10H,2-4,7H2,1H3,(H,16,18)/t10-/m1/s1. The van der Waals surface area contributed by atoms with Crippen LogP contribution in [-0.4, -0.2) is 27.9 Å². The van der Waals surface area contributed by atoms with Gasteiger partial charge in [0, 0.05) is 29.9 Å². The summed E-state index contributed by atoms with van der Waals surface area (Å²) in [5.74, 6) is 0. The van der Waals surface area contributed by atoms with Crippen LogP contribution in [0, 0.1) is 0 Å². The highest BCUT2D eigenvalue weighted by atomic mass is 32.1. The Balaban J connectivity index is 1.74. The van der Waals surface area contributed by atoms with Gasteiger partial charge in [0.15, 0.2) is 0 Å². The zero-order valence-electron chi connectivity index (χ0n) is 10.9. The third kappa shape index (κ3) is 2.56. The summed E-state index contributed by atoms with van der Waals surface area (Å²) >= 11 is 1.47. The van der Waals surface area contributed by atoms with E-state index < -0.39 is 0 Å². The molecule has 0 aliphatic carbocycles. The highest BCUT2D eigenvalue weighted by molar-refractivity contribution is 7.13. The third-order valence-electron chi connectivity index (χ3n) is 3.67. The molecule has 0 radical (unpaired) electrons. The fraction of sp³-hybridized carbons (Fsp3) is 0.429. The summed E-state index contributed by atoms with van der Waals surface area (Å²) < 4.78 is 5.28. The number of nitrogens with one attached hydrogen (secondary N) is 1. The van der Waals surface area contributed by atoms with Gasteiger partial charge in [-0.1, -0.05) is 0 Å². The molecule has 0 unspecified atom stereocenters. The molecule has 1 aliphatic heterocycles. The Morgan fingerprint density at radius 2 is 2.37 bits per heavy atom. The van der Waals surface area contributed by atoms with Gasteiger partial charge < -0.3 is 10.2 Å². The molecule has 3 rings (SSSR count). The Morgan fingerprint density at radius 3 is 3.21 bits per heavy atom. The highest BCUT2D eigenvalue weighted by Crippen LogP contribution is 2.23. The van der Waals surface area contributed by atoms with Crippen LogP contribution in [0.3, 0.4) is 0 Å². The molecule has 1 aliphatic rings. The summed E-state index contributed by atoms with van der Waals surface area (Å²) in [6.07, 6.45) is 5.25. The molecule has 2 aromatic rings. The van der Waals surface area contributed by atoms with Crippen LogP contribution in [-0.2, 0) is 0 Å². The Labute approximate surface area is 116 Å². The summed E-state index contributed by atoms with van der Waals surface area (Å²) in [5.41, 5.74) is 0.843. The lowest BCUT2D eigenvalue weighted by Crippen LogP contribution is -2.44. The average molecular weight is 275 g/mol.